The molecule has 38 heavy (non-hydrogen) atoms. The molecule has 0 amide bonds. The van der Waals surface area contributed by atoms with Crippen molar-refractivity contribution in [2.45, 2.75) is 116 Å². The van der Waals surface area contributed by atoms with Crippen LogP contribution in [0, 0.1) is 5.92 Å². The van der Waals surface area contributed by atoms with E-state index in [9.17, 15) is 4.79 Å². The first-order valence-corrected chi connectivity index (χ1v) is 19.6. The molecule has 0 aliphatic carbocycles. The molecular weight excluding hydrogens is 538 g/mol. The van der Waals surface area contributed by atoms with Gasteiger partial charge >= 0.3 is 0 Å². The molecule has 1 fully saturated rings. The molecule has 214 valence electrons. The summed E-state index contributed by atoms with van der Waals surface area (Å²) in [5.41, 5.74) is 7.61. The van der Waals surface area contributed by atoms with Gasteiger partial charge in [-0.3, -0.25) is 9.36 Å². The van der Waals surface area contributed by atoms with Gasteiger partial charge in [0.15, 0.2) is 22.2 Å². The van der Waals surface area contributed by atoms with Crippen LogP contribution in [0.25, 0.3) is 11.2 Å². The Kier molecular flexibility index (Phi) is 8.93. The van der Waals surface area contributed by atoms with Gasteiger partial charge in [0, 0.05) is 6.42 Å². The summed E-state index contributed by atoms with van der Waals surface area (Å²) in [6.07, 6.45) is 3.39. The van der Waals surface area contributed by atoms with Crippen LogP contribution in [-0.2, 0) is 24.9 Å². The van der Waals surface area contributed by atoms with Gasteiger partial charge in [-0.1, -0.05) is 53.5 Å². The number of rotatable bonds is 9. The predicted octanol–water partition coefficient (Wildman–Crippen LogP) is 5.40. The summed E-state index contributed by atoms with van der Waals surface area (Å²) in [7, 11) is -4.03. The number of fused-ring (bicyclic) bond motifs is 1. The number of nitrogens with two attached hydrogens (primary N) is 1. The van der Waals surface area contributed by atoms with Crippen LogP contribution in [0.4, 0.5) is 5.82 Å². The first-order chi connectivity index (χ1) is 17.2. The molecule has 1 aliphatic rings. The Labute approximate surface area is 234 Å². The minimum atomic E-state index is -2.06. The Morgan fingerprint density at radius 1 is 1.18 bits per heavy atom. The lowest BCUT2D eigenvalue weighted by Crippen LogP contribution is -2.48. The fraction of sp³-hybridized carbons (Fsp3) is 0.769. The van der Waals surface area contributed by atoms with Crippen LogP contribution in [0.2, 0.25) is 36.3 Å². The third-order valence-corrected chi connectivity index (χ3v) is 18.0. The van der Waals surface area contributed by atoms with Gasteiger partial charge < -0.3 is 19.3 Å². The van der Waals surface area contributed by atoms with Crippen molar-refractivity contribution in [2.75, 3.05) is 12.3 Å². The Balaban J connectivity index is 1.90. The van der Waals surface area contributed by atoms with Gasteiger partial charge in [-0.2, -0.15) is 0 Å². The number of hydrogen-bond acceptors (Lipinski definition) is 7. The molecule has 0 aromatic carbocycles. The van der Waals surface area contributed by atoms with Gasteiger partial charge in [0.1, 0.15) is 18.7 Å². The summed E-state index contributed by atoms with van der Waals surface area (Å²) >= 11 is 5.65. The zero-order valence-corrected chi connectivity index (χ0v) is 27.7. The molecule has 1 saturated heterocycles. The van der Waals surface area contributed by atoms with Gasteiger partial charge in [0.25, 0.3) is 5.82 Å². The molecule has 9 nitrogen and oxygen atoms in total. The minimum absolute atomic E-state index is 0.0722. The van der Waals surface area contributed by atoms with Crippen molar-refractivity contribution >= 4 is 50.5 Å². The maximum absolute atomic E-state index is 11.5. The maximum atomic E-state index is 11.5. The van der Waals surface area contributed by atoms with E-state index in [2.05, 4.69) is 77.7 Å². The minimum Gasteiger partial charge on any atom is -0.414 e. The van der Waals surface area contributed by atoms with E-state index in [4.69, 9.17) is 30.9 Å². The van der Waals surface area contributed by atoms with Gasteiger partial charge in [-0.05, 0) is 47.9 Å². The van der Waals surface area contributed by atoms with Crippen LogP contribution in [0.3, 0.4) is 0 Å². The lowest BCUT2D eigenvalue weighted by Gasteiger charge is -2.40. The number of ether oxygens (including phenoxy) is 1. The molecule has 0 saturated carbocycles. The van der Waals surface area contributed by atoms with E-state index in [0.29, 0.717) is 36.6 Å². The smallest absolute Gasteiger partial charge is 0.250 e. The lowest BCUT2D eigenvalue weighted by molar-refractivity contribution is -0.688. The third-order valence-electron chi connectivity index (χ3n) is 8.65. The fourth-order valence-corrected chi connectivity index (χ4v) is 6.36. The summed E-state index contributed by atoms with van der Waals surface area (Å²) in [4.78, 5) is 20.7. The summed E-state index contributed by atoms with van der Waals surface area (Å²) < 4.78 is 23.8. The van der Waals surface area contributed by atoms with Crippen LogP contribution in [-0.4, -0.2) is 55.2 Å². The third kappa shape index (κ3) is 6.50. The molecule has 0 radical (unpaired) electrons. The van der Waals surface area contributed by atoms with Crippen molar-refractivity contribution < 1.29 is 23.0 Å². The van der Waals surface area contributed by atoms with Crippen LogP contribution in [0.5, 0.6) is 0 Å². The topological polar surface area (TPSA) is 105 Å². The van der Waals surface area contributed by atoms with Crippen LogP contribution in [0.1, 0.15) is 61.1 Å². The molecule has 12 heteroatoms. The first kappa shape index (κ1) is 31.2. The summed E-state index contributed by atoms with van der Waals surface area (Å²) in [5, 5.41) is -0.243. The van der Waals surface area contributed by atoms with Gasteiger partial charge in [-0.25, -0.2) is 9.55 Å². The van der Waals surface area contributed by atoms with Crippen molar-refractivity contribution in [1.29, 1.82) is 0 Å². The second-order valence-electron chi connectivity index (χ2n) is 13.7. The van der Waals surface area contributed by atoms with Crippen molar-refractivity contribution in [3.63, 3.8) is 0 Å². The van der Waals surface area contributed by atoms with E-state index in [1.54, 1.807) is 24.1 Å². The number of halogens is 1. The van der Waals surface area contributed by atoms with E-state index >= 15 is 0 Å². The average Bonchev–Trinajstić information content (AvgIpc) is 3.36. The molecule has 2 aromatic rings. The zero-order valence-electron chi connectivity index (χ0n) is 25.0. The Morgan fingerprint density at radius 3 is 2.34 bits per heavy atom. The SMILES string of the molecule is CC(C[n+]1cnc2c(ncn2[C@H]2CC(O[Si](C)(C)C(C)(C)C)[C@@H](CO[Si](C)(C)C(C)(C)C)O2)c1N)C(=O)Cl. The largest absolute Gasteiger partial charge is 0.414 e. The highest BCUT2D eigenvalue weighted by Gasteiger charge is 2.47. The maximum Gasteiger partial charge on any atom is 0.250 e. The average molecular weight is 585 g/mol. The predicted molar refractivity (Wildman–Crippen MR) is 156 cm³/mol. The van der Waals surface area contributed by atoms with Crippen LogP contribution < -0.4 is 10.3 Å². The second-order valence-corrected chi connectivity index (χ2v) is 23.6. The van der Waals surface area contributed by atoms with Crippen LogP contribution >= 0.6 is 11.6 Å². The highest BCUT2D eigenvalue weighted by atomic mass is 35.5. The van der Waals surface area contributed by atoms with E-state index < -0.39 is 27.8 Å². The molecule has 4 atom stereocenters. The van der Waals surface area contributed by atoms with Gasteiger partial charge in [0.2, 0.25) is 17.2 Å². The quantitative estimate of drug-likeness (QED) is 0.239. The molecule has 2 unspecified atom stereocenters. The standard InChI is InChI=1S/C26H46ClN5O4Si2/c1-17(22(27)33)13-31-15-30-24-21(23(31)28)29-16-32(24)20-12-18(36-38(10,11)26(5,6)7)19(35-20)14-34-37(8,9)25(2,3)4/h15-20,28H,12-14H2,1-11H3/p+1/t17?,18?,19-,20-/m1/s1. The Bertz CT molecular complexity index is 1160. The molecule has 0 spiro atoms. The van der Waals surface area contributed by atoms with Crippen molar-refractivity contribution in [3.8, 4) is 0 Å². The summed E-state index contributed by atoms with van der Waals surface area (Å²) in [5.74, 6) is 0.0433. The molecule has 3 rings (SSSR count). The number of nitrogens with zero attached hydrogens (tertiary/aromatic N) is 4. The number of anilines is 1. The molecular formula is C26H47ClN5O4Si2+. The molecule has 0 bridgehead atoms. The van der Waals surface area contributed by atoms with Crippen LogP contribution in [0.15, 0.2) is 12.7 Å². The van der Waals surface area contributed by atoms with E-state index in [-0.39, 0.29) is 28.5 Å². The van der Waals surface area contributed by atoms with E-state index in [0.717, 1.165) is 0 Å². The molecule has 2 N–H and O–H groups in total. The monoisotopic (exact) mass is 584 g/mol. The first-order valence-electron chi connectivity index (χ1n) is 13.4. The highest BCUT2D eigenvalue weighted by Crippen LogP contribution is 2.43. The number of aromatic nitrogens is 4. The number of carbonyl (C=O) groups is 1. The highest BCUT2D eigenvalue weighted by molar-refractivity contribution is 6.74. The molecule has 2 aromatic heterocycles. The normalized spacial score (nSPS) is 22.3. The molecule has 1 aliphatic heterocycles. The Morgan fingerprint density at radius 2 is 1.79 bits per heavy atom. The second kappa shape index (κ2) is 10.9. The Hall–Kier alpha value is -1.38. The number of hydrogen-bond donors (Lipinski definition) is 1. The zero-order chi connectivity index (χ0) is 28.8. The van der Waals surface area contributed by atoms with Gasteiger partial charge in [0.05, 0.1) is 25.2 Å². The number of nitrogen functional groups attached to an aromatic ring is 1. The summed E-state index contributed by atoms with van der Waals surface area (Å²) in [6.45, 7) is 25.1. The fourth-order valence-electron chi connectivity index (χ4n) is 3.92. The van der Waals surface area contributed by atoms with E-state index in [1.807, 2.05) is 4.57 Å². The number of imidazole rings is 1. The lowest BCUT2D eigenvalue weighted by atomic mass is 10.2. The van der Waals surface area contributed by atoms with Crippen molar-refractivity contribution in [3.05, 3.63) is 12.7 Å². The molecule has 3 heterocycles. The van der Waals surface area contributed by atoms with Crippen molar-refractivity contribution in [2.24, 2.45) is 5.92 Å². The van der Waals surface area contributed by atoms with Gasteiger partial charge in [-0.15, -0.1) is 0 Å². The van der Waals surface area contributed by atoms with Crippen molar-refractivity contribution in [1.82, 2.24) is 14.5 Å². The van der Waals surface area contributed by atoms with E-state index in [1.165, 1.54) is 0 Å². The number of carbonyl (C=O) groups excluding carboxylic acids is 1. The summed E-state index contributed by atoms with van der Waals surface area (Å²) in [6, 6.07) is 0.